The highest BCUT2D eigenvalue weighted by Gasteiger charge is 2.28. The summed E-state index contributed by atoms with van der Waals surface area (Å²) in [4.78, 5) is 11.0. The van der Waals surface area contributed by atoms with E-state index in [1.807, 2.05) is 18.5 Å². The monoisotopic (exact) mass is 288 g/mol. The predicted octanol–water partition coefficient (Wildman–Crippen LogP) is 2.86. The van der Waals surface area contributed by atoms with Crippen LogP contribution in [0.3, 0.4) is 0 Å². The first-order valence-electron chi connectivity index (χ1n) is 8.50. The molecule has 4 heteroatoms. The summed E-state index contributed by atoms with van der Waals surface area (Å²) in [6.07, 6.45) is 10.2. The van der Waals surface area contributed by atoms with Crippen LogP contribution in [0.25, 0.3) is 0 Å². The van der Waals surface area contributed by atoms with Crippen LogP contribution in [0.15, 0.2) is 18.5 Å². The van der Waals surface area contributed by atoms with Crippen LogP contribution < -0.4 is 10.2 Å². The Morgan fingerprint density at radius 2 is 1.76 bits per heavy atom. The number of hydrogen-bond donors (Lipinski definition) is 1. The molecule has 2 fully saturated rings. The van der Waals surface area contributed by atoms with Crippen molar-refractivity contribution in [1.29, 1.82) is 0 Å². The van der Waals surface area contributed by atoms with E-state index in [0.717, 1.165) is 36.9 Å². The van der Waals surface area contributed by atoms with Crippen molar-refractivity contribution < 1.29 is 0 Å². The van der Waals surface area contributed by atoms with Crippen molar-refractivity contribution in [2.75, 3.05) is 18.0 Å². The number of piperidine rings is 1. The van der Waals surface area contributed by atoms with Gasteiger partial charge in [-0.15, -0.1) is 0 Å². The third-order valence-electron chi connectivity index (χ3n) is 5.21. The highest BCUT2D eigenvalue weighted by Crippen LogP contribution is 2.29. The number of anilines is 1. The van der Waals surface area contributed by atoms with Crippen molar-refractivity contribution in [2.24, 2.45) is 11.8 Å². The summed E-state index contributed by atoms with van der Waals surface area (Å²) in [6.45, 7) is 6.95. The van der Waals surface area contributed by atoms with Crippen LogP contribution >= 0.6 is 0 Å². The number of hydrogen-bond acceptors (Lipinski definition) is 4. The number of nitrogens with one attached hydrogen (secondary N) is 1. The van der Waals surface area contributed by atoms with Crippen molar-refractivity contribution >= 4 is 5.95 Å². The Hall–Kier alpha value is -1.16. The quantitative estimate of drug-likeness (QED) is 0.928. The molecule has 0 radical (unpaired) electrons. The maximum atomic E-state index is 4.36. The maximum Gasteiger partial charge on any atom is 0.225 e. The summed E-state index contributed by atoms with van der Waals surface area (Å²) in [6, 6.07) is 3.28. The van der Waals surface area contributed by atoms with E-state index in [4.69, 9.17) is 0 Å². The van der Waals surface area contributed by atoms with Gasteiger partial charge < -0.3 is 10.2 Å². The lowest BCUT2D eigenvalue weighted by atomic mass is 9.79. The molecule has 116 valence electrons. The molecule has 1 saturated heterocycles. The summed E-state index contributed by atoms with van der Waals surface area (Å²) >= 11 is 0. The number of aromatic nitrogens is 2. The first-order chi connectivity index (χ1) is 10.2. The van der Waals surface area contributed by atoms with Crippen LogP contribution in [0.5, 0.6) is 0 Å². The van der Waals surface area contributed by atoms with Crippen LogP contribution in [-0.2, 0) is 0 Å². The zero-order valence-electron chi connectivity index (χ0n) is 13.3. The summed E-state index contributed by atoms with van der Waals surface area (Å²) in [7, 11) is 0. The minimum Gasteiger partial charge on any atom is -0.341 e. The van der Waals surface area contributed by atoms with E-state index < -0.39 is 0 Å². The topological polar surface area (TPSA) is 41.0 Å². The van der Waals surface area contributed by atoms with Gasteiger partial charge in [-0.05, 0) is 50.0 Å². The molecular weight excluding hydrogens is 260 g/mol. The van der Waals surface area contributed by atoms with Gasteiger partial charge in [0.1, 0.15) is 0 Å². The molecule has 0 aromatic carbocycles. The number of rotatable bonds is 3. The first kappa shape index (κ1) is 14.8. The fraction of sp³-hybridized carbons (Fsp3) is 0.765. The Bertz CT molecular complexity index is 428. The number of nitrogens with zero attached hydrogens (tertiary/aromatic N) is 3. The molecular formula is C17H28N4. The molecule has 2 heterocycles. The smallest absolute Gasteiger partial charge is 0.225 e. The second-order valence-corrected chi connectivity index (χ2v) is 6.98. The second kappa shape index (κ2) is 6.73. The Kier molecular flexibility index (Phi) is 4.73. The van der Waals surface area contributed by atoms with Gasteiger partial charge in [0.05, 0.1) is 0 Å². The molecule has 1 saturated carbocycles. The molecule has 1 N–H and O–H groups in total. The lowest BCUT2D eigenvalue weighted by Gasteiger charge is -2.39. The largest absolute Gasteiger partial charge is 0.341 e. The standard InChI is InChI=1S/C17H28N4/c1-13-4-5-16(14(2)12-13)20-15-6-10-21(11-7-15)17-18-8-3-9-19-17/h3,8-9,13-16,20H,4-7,10-12H2,1-2H3. The van der Waals surface area contributed by atoms with Gasteiger partial charge in [-0.1, -0.05) is 13.8 Å². The van der Waals surface area contributed by atoms with Crippen LogP contribution in [0.2, 0.25) is 0 Å². The molecule has 3 unspecified atom stereocenters. The Morgan fingerprint density at radius 1 is 1.05 bits per heavy atom. The average Bonchev–Trinajstić information content (AvgIpc) is 2.52. The minimum absolute atomic E-state index is 0.672. The molecule has 1 aromatic rings. The summed E-state index contributed by atoms with van der Waals surface area (Å²) in [5, 5.41) is 3.93. The molecule has 2 aliphatic rings. The highest BCUT2D eigenvalue weighted by atomic mass is 15.3. The SMILES string of the molecule is CC1CCC(NC2CCN(c3ncccn3)CC2)C(C)C1. The molecule has 0 bridgehead atoms. The third-order valence-corrected chi connectivity index (χ3v) is 5.21. The second-order valence-electron chi connectivity index (χ2n) is 6.98. The van der Waals surface area contributed by atoms with Crippen molar-refractivity contribution in [1.82, 2.24) is 15.3 Å². The normalized spacial score (nSPS) is 31.3. The summed E-state index contributed by atoms with van der Waals surface area (Å²) in [5.74, 6) is 2.62. The van der Waals surface area contributed by atoms with Gasteiger partial charge in [0.25, 0.3) is 0 Å². The van der Waals surface area contributed by atoms with E-state index in [9.17, 15) is 0 Å². The molecule has 21 heavy (non-hydrogen) atoms. The van der Waals surface area contributed by atoms with E-state index in [1.54, 1.807) is 0 Å². The van der Waals surface area contributed by atoms with Gasteiger partial charge in [0, 0.05) is 37.6 Å². The van der Waals surface area contributed by atoms with E-state index in [0.29, 0.717) is 6.04 Å². The molecule has 0 spiro atoms. The minimum atomic E-state index is 0.672. The van der Waals surface area contributed by atoms with Crippen molar-refractivity contribution in [2.45, 2.75) is 58.0 Å². The van der Waals surface area contributed by atoms with Crippen LogP contribution in [0.1, 0.15) is 46.0 Å². The summed E-state index contributed by atoms with van der Waals surface area (Å²) in [5.41, 5.74) is 0. The lowest BCUT2D eigenvalue weighted by molar-refractivity contribution is 0.204. The molecule has 1 aliphatic heterocycles. The molecule has 1 aliphatic carbocycles. The van der Waals surface area contributed by atoms with Crippen LogP contribution in [-0.4, -0.2) is 35.1 Å². The fourth-order valence-electron chi connectivity index (χ4n) is 3.92. The molecule has 1 aromatic heterocycles. The Morgan fingerprint density at radius 3 is 2.43 bits per heavy atom. The zero-order chi connectivity index (χ0) is 14.7. The molecule has 4 nitrogen and oxygen atoms in total. The van der Waals surface area contributed by atoms with Gasteiger partial charge in [-0.2, -0.15) is 0 Å². The van der Waals surface area contributed by atoms with Crippen molar-refractivity contribution in [3.63, 3.8) is 0 Å². The molecule has 3 atom stereocenters. The first-order valence-corrected chi connectivity index (χ1v) is 8.50. The molecule has 3 rings (SSSR count). The zero-order valence-corrected chi connectivity index (χ0v) is 13.3. The van der Waals surface area contributed by atoms with Gasteiger partial charge in [-0.25, -0.2) is 9.97 Å². The van der Waals surface area contributed by atoms with Gasteiger partial charge in [0.15, 0.2) is 0 Å². The van der Waals surface area contributed by atoms with Gasteiger partial charge in [0.2, 0.25) is 5.95 Å². The fourth-order valence-corrected chi connectivity index (χ4v) is 3.92. The average molecular weight is 288 g/mol. The van der Waals surface area contributed by atoms with E-state index >= 15 is 0 Å². The van der Waals surface area contributed by atoms with E-state index in [-0.39, 0.29) is 0 Å². The van der Waals surface area contributed by atoms with Crippen molar-refractivity contribution in [3.8, 4) is 0 Å². The molecule has 0 amide bonds. The van der Waals surface area contributed by atoms with Gasteiger partial charge in [-0.3, -0.25) is 0 Å². The lowest BCUT2D eigenvalue weighted by Crippen LogP contribution is -2.49. The van der Waals surface area contributed by atoms with Gasteiger partial charge >= 0.3 is 0 Å². The van der Waals surface area contributed by atoms with Crippen LogP contribution in [0.4, 0.5) is 5.95 Å². The van der Waals surface area contributed by atoms with Crippen molar-refractivity contribution in [3.05, 3.63) is 18.5 Å². The third kappa shape index (κ3) is 3.73. The summed E-state index contributed by atoms with van der Waals surface area (Å²) < 4.78 is 0. The van der Waals surface area contributed by atoms with E-state index in [1.165, 1.54) is 32.1 Å². The Balaban J connectivity index is 1.48. The maximum absolute atomic E-state index is 4.36. The van der Waals surface area contributed by atoms with Crippen LogP contribution in [0, 0.1) is 11.8 Å². The Labute approximate surface area is 128 Å². The predicted molar refractivity (Wildman–Crippen MR) is 86.4 cm³/mol. The highest BCUT2D eigenvalue weighted by molar-refractivity contribution is 5.29. The van der Waals surface area contributed by atoms with E-state index in [2.05, 4.69) is 34.0 Å².